The summed E-state index contributed by atoms with van der Waals surface area (Å²) in [4.78, 5) is 10.3. The quantitative estimate of drug-likeness (QED) is 0.623. The fraction of sp³-hybridized carbons (Fsp3) is 0.300. The Hall–Kier alpha value is -1.73. The number of benzene rings is 1. The molecule has 0 radical (unpaired) electrons. The molecule has 0 aliphatic carbocycles. The van der Waals surface area contributed by atoms with Crippen molar-refractivity contribution in [1.82, 2.24) is 0 Å². The SMILES string of the molecule is O=C(O)CC(O)C(O)c1c(F)cc(O)cc1F. The topological polar surface area (TPSA) is 98.0 Å². The number of phenols is 1. The zero-order chi connectivity index (χ0) is 13.2. The van der Waals surface area contributed by atoms with Crippen molar-refractivity contribution in [2.24, 2.45) is 0 Å². The third-order valence-electron chi connectivity index (χ3n) is 2.11. The molecule has 0 aliphatic heterocycles. The number of hydrogen-bond acceptors (Lipinski definition) is 4. The van der Waals surface area contributed by atoms with E-state index in [2.05, 4.69) is 0 Å². The summed E-state index contributed by atoms with van der Waals surface area (Å²) < 4.78 is 26.5. The Morgan fingerprint density at radius 2 is 1.71 bits per heavy atom. The van der Waals surface area contributed by atoms with Crippen molar-refractivity contribution in [1.29, 1.82) is 0 Å². The number of aliphatic hydroxyl groups excluding tert-OH is 2. The van der Waals surface area contributed by atoms with E-state index in [0.29, 0.717) is 12.1 Å². The number of phenolic OH excluding ortho intramolecular Hbond substituents is 1. The van der Waals surface area contributed by atoms with Crippen LogP contribution in [0, 0.1) is 11.6 Å². The number of aromatic hydroxyl groups is 1. The minimum atomic E-state index is -2.02. The van der Waals surface area contributed by atoms with Gasteiger partial charge in [0.1, 0.15) is 23.5 Å². The first-order valence-corrected chi connectivity index (χ1v) is 4.58. The number of hydrogen-bond donors (Lipinski definition) is 4. The van der Waals surface area contributed by atoms with Crippen LogP contribution in [0.25, 0.3) is 0 Å². The highest BCUT2D eigenvalue weighted by atomic mass is 19.1. The molecule has 2 unspecified atom stereocenters. The fourth-order valence-electron chi connectivity index (χ4n) is 1.34. The monoisotopic (exact) mass is 248 g/mol. The molecular weight excluding hydrogens is 238 g/mol. The van der Waals surface area contributed by atoms with Gasteiger partial charge >= 0.3 is 5.97 Å². The second-order valence-corrected chi connectivity index (χ2v) is 3.43. The lowest BCUT2D eigenvalue weighted by molar-refractivity contribution is -0.141. The molecule has 0 fully saturated rings. The zero-order valence-electron chi connectivity index (χ0n) is 8.47. The normalized spacial score (nSPS) is 14.4. The van der Waals surface area contributed by atoms with E-state index in [4.69, 9.17) is 10.2 Å². The molecule has 0 heterocycles. The van der Waals surface area contributed by atoms with Crippen LogP contribution in [0.4, 0.5) is 8.78 Å². The van der Waals surface area contributed by atoms with E-state index >= 15 is 0 Å². The number of carbonyl (C=O) groups is 1. The van der Waals surface area contributed by atoms with Gasteiger partial charge in [-0.25, -0.2) is 8.78 Å². The van der Waals surface area contributed by atoms with E-state index in [0.717, 1.165) is 0 Å². The smallest absolute Gasteiger partial charge is 0.306 e. The van der Waals surface area contributed by atoms with Crippen molar-refractivity contribution in [3.05, 3.63) is 29.3 Å². The molecule has 0 aromatic heterocycles. The first kappa shape index (κ1) is 13.3. The number of rotatable bonds is 4. The third kappa shape index (κ3) is 3.11. The van der Waals surface area contributed by atoms with Gasteiger partial charge in [-0.2, -0.15) is 0 Å². The number of halogens is 2. The average Bonchev–Trinajstić information content (AvgIpc) is 2.14. The number of aliphatic carboxylic acids is 1. The Balaban J connectivity index is 3.03. The van der Waals surface area contributed by atoms with Gasteiger partial charge in [0.25, 0.3) is 0 Å². The molecule has 17 heavy (non-hydrogen) atoms. The van der Waals surface area contributed by atoms with Gasteiger partial charge < -0.3 is 20.4 Å². The third-order valence-corrected chi connectivity index (χ3v) is 2.11. The maximum Gasteiger partial charge on any atom is 0.306 e. The van der Waals surface area contributed by atoms with Gasteiger partial charge in [-0.15, -0.1) is 0 Å². The van der Waals surface area contributed by atoms with E-state index in [1.165, 1.54) is 0 Å². The summed E-state index contributed by atoms with van der Waals surface area (Å²) in [5.41, 5.74) is -0.878. The molecule has 0 spiro atoms. The second-order valence-electron chi connectivity index (χ2n) is 3.43. The minimum Gasteiger partial charge on any atom is -0.508 e. The van der Waals surface area contributed by atoms with Crippen LogP contribution in [0.5, 0.6) is 5.75 Å². The molecule has 2 atom stereocenters. The van der Waals surface area contributed by atoms with Crippen LogP contribution in [-0.2, 0) is 4.79 Å². The standard InChI is InChI=1S/C10H10F2O5/c11-5-1-4(13)2-6(12)9(5)10(17)7(14)3-8(15)16/h1-2,7,10,13-14,17H,3H2,(H,15,16). The van der Waals surface area contributed by atoms with Gasteiger partial charge in [-0.1, -0.05) is 0 Å². The van der Waals surface area contributed by atoms with Gasteiger partial charge in [0, 0.05) is 12.1 Å². The van der Waals surface area contributed by atoms with Crippen molar-refractivity contribution in [2.75, 3.05) is 0 Å². The number of carboxylic acids is 1. The second kappa shape index (κ2) is 5.07. The first-order chi connectivity index (χ1) is 7.82. The van der Waals surface area contributed by atoms with Crippen molar-refractivity contribution in [2.45, 2.75) is 18.6 Å². The molecule has 4 N–H and O–H groups in total. The van der Waals surface area contributed by atoms with Crippen molar-refractivity contribution in [3.63, 3.8) is 0 Å². The predicted octanol–water partition coefficient (Wildman–Crippen LogP) is 0.539. The molecule has 0 aliphatic rings. The molecule has 1 rings (SSSR count). The molecule has 0 saturated carbocycles. The summed E-state index contributed by atoms with van der Waals surface area (Å²) in [5.74, 6) is -4.63. The Morgan fingerprint density at radius 1 is 1.24 bits per heavy atom. The first-order valence-electron chi connectivity index (χ1n) is 4.58. The van der Waals surface area contributed by atoms with Crippen LogP contribution < -0.4 is 0 Å². The Morgan fingerprint density at radius 3 is 2.12 bits per heavy atom. The summed E-state index contributed by atoms with van der Waals surface area (Å²) in [6.45, 7) is 0. The minimum absolute atomic E-state index is 0.551. The molecular formula is C10H10F2O5. The van der Waals surface area contributed by atoms with Crippen molar-refractivity contribution in [3.8, 4) is 5.75 Å². The molecule has 0 bridgehead atoms. The van der Waals surface area contributed by atoms with Crippen molar-refractivity contribution >= 4 is 5.97 Å². The summed E-state index contributed by atoms with van der Waals surface area (Å²) in [7, 11) is 0. The van der Waals surface area contributed by atoms with Crippen LogP contribution in [0.1, 0.15) is 18.1 Å². The molecule has 0 amide bonds. The van der Waals surface area contributed by atoms with Crippen LogP contribution in [-0.4, -0.2) is 32.5 Å². The Bertz CT molecular complexity index is 412. The van der Waals surface area contributed by atoms with Gasteiger partial charge in [-0.3, -0.25) is 4.79 Å². The molecule has 0 saturated heterocycles. The lowest BCUT2D eigenvalue weighted by Gasteiger charge is -2.17. The maximum atomic E-state index is 13.2. The van der Waals surface area contributed by atoms with Crippen LogP contribution in [0.2, 0.25) is 0 Å². The lowest BCUT2D eigenvalue weighted by atomic mass is 10.0. The molecule has 5 nitrogen and oxygen atoms in total. The maximum absolute atomic E-state index is 13.2. The predicted molar refractivity (Wildman–Crippen MR) is 51.2 cm³/mol. The van der Waals surface area contributed by atoms with Gasteiger partial charge in [0.2, 0.25) is 0 Å². The highest BCUT2D eigenvalue weighted by Crippen LogP contribution is 2.27. The Kier molecular flexibility index (Phi) is 3.97. The Labute approximate surface area is 94.6 Å². The van der Waals surface area contributed by atoms with Crippen LogP contribution in [0.3, 0.4) is 0 Å². The fourth-order valence-corrected chi connectivity index (χ4v) is 1.34. The highest BCUT2D eigenvalue weighted by molar-refractivity contribution is 5.67. The van der Waals surface area contributed by atoms with Crippen LogP contribution >= 0.6 is 0 Å². The van der Waals surface area contributed by atoms with E-state index in [9.17, 15) is 23.8 Å². The number of carboxylic acid groups (broad SMARTS) is 1. The largest absolute Gasteiger partial charge is 0.508 e. The summed E-state index contributed by atoms with van der Waals surface area (Å²) in [6, 6.07) is 1.10. The highest BCUT2D eigenvalue weighted by Gasteiger charge is 2.27. The summed E-state index contributed by atoms with van der Waals surface area (Å²) >= 11 is 0. The summed E-state index contributed by atoms with van der Waals surface area (Å²) in [6.07, 6.45) is -4.73. The van der Waals surface area contributed by atoms with Gasteiger partial charge in [0.05, 0.1) is 18.1 Å². The van der Waals surface area contributed by atoms with Crippen LogP contribution in [0.15, 0.2) is 12.1 Å². The molecule has 1 aromatic rings. The molecule has 1 aromatic carbocycles. The van der Waals surface area contributed by atoms with E-state index < -0.39 is 47.5 Å². The molecule has 94 valence electrons. The van der Waals surface area contributed by atoms with Crippen molar-refractivity contribution < 1.29 is 34.0 Å². The van der Waals surface area contributed by atoms with E-state index in [1.807, 2.05) is 0 Å². The number of aliphatic hydroxyl groups is 2. The van der Waals surface area contributed by atoms with E-state index in [1.54, 1.807) is 0 Å². The zero-order valence-corrected chi connectivity index (χ0v) is 8.47. The molecule has 7 heteroatoms. The average molecular weight is 248 g/mol. The van der Waals surface area contributed by atoms with Gasteiger partial charge in [-0.05, 0) is 0 Å². The lowest BCUT2D eigenvalue weighted by Crippen LogP contribution is -2.23. The van der Waals surface area contributed by atoms with Gasteiger partial charge in [0.15, 0.2) is 0 Å². The summed E-state index contributed by atoms with van der Waals surface area (Å²) in [5, 5.41) is 35.9. The van der Waals surface area contributed by atoms with E-state index in [-0.39, 0.29) is 0 Å².